The van der Waals surface area contributed by atoms with Crippen LogP contribution in [0.1, 0.15) is 6.92 Å². The van der Waals surface area contributed by atoms with Crippen molar-refractivity contribution in [3.05, 3.63) is 58.6 Å². The first-order valence-electron chi connectivity index (χ1n) is 8.22. The number of nitrogens with zero attached hydrogens (tertiary/aromatic N) is 4. The lowest BCUT2D eigenvalue weighted by Gasteiger charge is -2.17. The average molecular weight is 421 g/mol. The summed E-state index contributed by atoms with van der Waals surface area (Å²) in [5, 5.41) is 10.0. The SMILES string of the molecule is CC(Sc1nnc(-c2ccc(Cl)cc2Cl)n1-c1ccccc1)C(=O)N(C)C. The van der Waals surface area contributed by atoms with Gasteiger partial charge in [-0.1, -0.05) is 53.2 Å². The number of carbonyl (C=O) groups excluding carboxylic acids is 1. The monoisotopic (exact) mass is 420 g/mol. The molecule has 0 aliphatic carbocycles. The van der Waals surface area contributed by atoms with Crippen LogP contribution in [0.5, 0.6) is 0 Å². The summed E-state index contributed by atoms with van der Waals surface area (Å²) in [5.41, 5.74) is 1.60. The summed E-state index contributed by atoms with van der Waals surface area (Å²) < 4.78 is 1.90. The van der Waals surface area contributed by atoms with Gasteiger partial charge in [0, 0.05) is 30.4 Å². The van der Waals surface area contributed by atoms with Gasteiger partial charge >= 0.3 is 0 Å². The molecule has 8 heteroatoms. The van der Waals surface area contributed by atoms with Crippen LogP contribution < -0.4 is 0 Å². The third-order valence-corrected chi connectivity index (χ3v) is 5.47. The maximum atomic E-state index is 12.3. The Bertz CT molecular complexity index is 960. The summed E-state index contributed by atoms with van der Waals surface area (Å²) in [4.78, 5) is 13.8. The fourth-order valence-corrected chi connectivity index (χ4v) is 4.08. The van der Waals surface area contributed by atoms with E-state index >= 15 is 0 Å². The second-order valence-corrected chi connectivity index (χ2v) is 8.25. The summed E-state index contributed by atoms with van der Waals surface area (Å²) >= 11 is 13.8. The highest BCUT2D eigenvalue weighted by atomic mass is 35.5. The van der Waals surface area contributed by atoms with Gasteiger partial charge < -0.3 is 4.90 Å². The first-order chi connectivity index (χ1) is 12.9. The zero-order valence-corrected chi connectivity index (χ0v) is 17.4. The molecule has 0 radical (unpaired) electrons. The number of amides is 1. The van der Waals surface area contributed by atoms with Gasteiger partial charge in [0.15, 0.2) is 11.0 Å². The van der Waals surface area contributed by atoms with Crippen molar-refractivity contribution >= 4 is 40.9 Å². The molecule has 27 heavy (non-hydrogen) atoms. The van der Waals surface area contributed by atoms with Crippen LogP contribution in [0, 0.1) is 0 Å². The molecule has 1 heterocycles. The van der Waals surface area contributed by atoms with Crippen molar-refractivity contribution in [3.8, 4) is 17.1 Å². The Kier molecular flexibility index (Phi) is 6.09. The molecule has 0 saturated heterocycles. The molecular weight excluding hydrogens is 403 g/mol. The number of rotatable bonds is 5. The highest BCUT2D eigenvalue weighted by Gasteiger charge is 2.23. The molecule has 140 valence electrons. The van der Waals surface area contributed by atoms with E-state index in [-0.39, 0.29) is 11.2 Å². The van der Waals surface area contributed by atoms with Crippen molar-refractivity contribution in [2.24, 2.45) is 0 Å². The molecule has 0 aliphatic rings. The predicted octanol–water partition coefficient (Wildman–Crippen LogP) is 4.81. The van der Waals surface area contributed by atoms with Gasteiger partial charge in [0.1, 0.15) is 0 Å². The maximum Gasteiger partial charge on any atom is 0.235 e. The van der Waals surface area contributed by atoms with Crippen LogP contribution >= 0.6 is 35.0 Å². The van der Waals surface area contributed by atoms with E-state index in [1.165, 1.54) is 11.8 Å². The second-order valence-electron chi connectivity index (χ2n) is 6.09. The Labute approximate surface area is 172 Å². The summed E-state index contributed by atoms with van der Waals surface area (Å²) in [6.07, 6.45) is 0. The van der Waals surface area contributed by atoms with Gasteiger partial charge in [0.05, 0.1) is 10.3 Å². The standard InChI is InChI=1S/C19H18Cl2N4OS/c1-12(18(26)24(2)3)27-19-23-22-17(15-10-9-13(20)11-16(15)21)25(19)14-7-5-4-6-8-14/h4-12H,1-3H3. The molecule has 1 amide bonds. The van der Waals surface area contributed by atoms with Crippen LogP contribution in [-0.2, 0) is 4.79 Å². The van der Waals surface area contributed by atoms with Crippen molar-refractivity contribution in [1.29, 1.82) is 0 Å². The third-order valence-electron chi connectivity index (χ3n) is 3.89. The topological polar surface area (TPSA) is 51.0 Å². The largest absolute Gasteiger partial charge is 0.348 e. The van der Waals surface area contributed by atoms with Gasteiger partial charge in [0.25, 0.3) is 0 Å². The molecule has 0 N–H and O–H groups in total. The van der Waals surface area contributed by atoms with Gasteiger partial charge in [-0.05, 0) is 37.3 Å². The normalized spacial score (nSPS) is 12.0. The van der Waals surface area contributed by atoms with E-state index in [9.17, 15) is 4.79 Å². The number of aromatic nitrogens is 3. The lowest BCUT2D eigenvalue weighted by Crippen LogP contribution is -2.29. The summed E-state index contributed by atoms with van der Waals surface area (Å²) in [7, 11) is 3.47. The number of hydrogen-bond donors (Lipinski definition) is 0. The van der Waals surface area contributed by atoms with Crippen molar-refractivity contribution in [1.82, 2.24) is 19.7 Å². The molecule has 0 aliphatic heterocycles. The van der Waals surface area contributed by atoms with Crippen LogP contribution in [0.2, 0.25) is 10.0 Å². The van der Waals surface area contributed by atoms with Gasteiger partial charge in [-0.3, -0.25) is 9.36 Å². The first-order valence-corrected chi connectivity index (χ1v) is 9.86. The summed E-state index contributed by atoms with van der Waals surface area (Å²) in [6.45, 7) is 1.85. The van der Waals surface area contributed by atoms with Crippen molar-refractivity contribution < 1.29 is 4.79 Å². The second kappa shape index (κ2) is 8.33. The van der Waals surface area contributed by atoms with E-state index in [4.69, 9.17) is 23.2 Å². The van der Waals surface area contributed by atoms with Gasteiger partial charge in [-0.15, -0.1) is 10.2 Å². The number of thioether (sulfide) groups is 1. The minimum Gasteiger partial charge on any atom is -0.348 e. The van der Waals surface area contributed by atoms with Crippen molar-refractivity contribution in [2.75, 3.05) is 14.1 Å². The molecule has 1 aromatic heterocycles. The van der Waals surface area contributed by atoms with Crippen molar-refractivity contribution in [2.45, 2.75) is 17.3 Å². The van der Waals surface area contributed by atoms with Gasteiger partial charge in [-0.25, -0.2) is 0 Å². The molecule has 3 rings (SSSR count). The third kappa shape index (κ3) is 4.29. The van der Waals surface area contributed by atoms with Crippen molar-refractivity contribution in [3.63, 3.8) is 0 Å². The van der Waals surface area contributed by atoms with Gasteiger partial charge in [-0.2, -0.15) is 0 Å². The Balaban J connectivity index is 2.10. The predicted molar refractivity (Wildman–Crippen MR) is 111 cm³/mol. The van der Waals surface area contributed by atoms with Gasteiger partial charge in [0.2, 0.25) is 5.91 Å². The van der Waals surface area contributed by atoms with E-state index < -0.39 is 0 Å². The molecule has 2 aromatic carbocycles. The molecule has 0 spiro atoms. The first kappa shape index (κ1) is 19.7. The molecule has 1 atom stereocenters. The highest BCUT2D eigenvalue weighted by Crippen LogP contribution is 2.34. The quantitative estimate of drug-likeness (QED) is 0.555. The smallest absolute Gasteiger partial charge is 0.235 e. The molecule has 0 bridgehead atoms. The van der Waals surface area contributed by atoms with Crippen LogP contribution in [0.3, 0.4) is 0 Å². The summed E-state index contributed by atoms with van der Waals surface area (Å²) in [5.74, 6) is 0.601. The molecule has 5 nitrogen and oxygen atoms in total. The minimum absolute atomic E-state index is 0.00804. The van der Waals surface area contributed by atoms with Crippen LogP contribution in [0.4, 0.5) is 0 Å². The molecule has 0 saturated carbocycles. The highest BCUT2D eigenvalue weighted by molar-refractivity contribution is 8.00. The Morgan fingerprint density at radius 2 is 1.81 bits per heavy atom. The number of para-hydroxylation sites is 1. The average Bonchev–Trinajstić information content (AvgIpc) is 3.04. The summed E-state index contributed by atoms with van der Waals surface area (Å²) in [6, 6.07) is 15.0. The number of halogens is 2. The molecular formula is C19H18Cl2N4OS. The zero-order chi connectivity index (χ0) is 19.6. The van der Waals surface area contributed by atoms with E-state index in [0.29, 0.717) is 21.0 Å². The fraction of sp³-hybridized carbons (Fsp3) is 0.211. The van der Waals surface area contributed by atoms with Crippen LogP contribution in [0.25, 0.3) is 17.1 Å². The van der Waals surface area contributed by atoms with E-state index in [2.05, 4.69) is 10.2 Å². The minimum atomic E-state index is -0.305. The number of benzene rings is 2. The van der Waals surface area contributed by atoms with E-state index in [1.54, 1.807) is 31.1 Å². The Morgan fingerprint density at radius 3 is 2.44 bits per heavy atom. The maximum absolute atomic E-state index is 12.3. The Morgan fingerprint density at radius 1 is 1.11 bits per heavy atom. The fourth-order valence-electron chi connectivity index (χ4n) is 2.57. The van der Waals surface area contributed by atoms with Crippen LogP contribution in [0.15, 0.2) is 53.7 Å². The lowest BCUT2D eigenvalue weighted by molar-refractivity contribution is -0.127. The number of hydrogen-bond acceptors (Lipinski definition) is 4. The Hall–Kier alpha value is -2.02. The molecule has 1 unspecified atom stereocenters. The molecule has 0 fully saturated rings. The lowest BCUT2D eigenvalue weighted by atomic mass is 10.2. The van der Waals surface area contributed by atoms with E-state index in [1.807, 2.05) is 47.9 Å². The molecule has 3 aromatic rings. The number of carbonyl (C=O) groups is 1. The zero-order valence-electron chi connectivity index (χ0n) is 15.1. The van der Waals surface area contributed by atoms with E-state index in [0.717, 1.165) is 11.3 Å². The van der Waals surface area contributed by atoms with Crippen LogP contribution in [-0.4, -0.2) is 44.9 Å².